The SMILES string of the molecule is Cc1nn(-c2ccc(N3CCCCC3)nn2)c2c1C(c1ccccc1OC(C)C)CC(=O)N2. The lowest BCUT2D eigenvalue weighted by Crippen LogP contribution is -2.30. The molecule has 172 valence electrons. The minimum atomic E-state index is -0.141. The number of para-hydroxylation sites is 1. The Labute approximate surface area is 194 Å². The maximum Gasteiger partial charge on any atom is 0.226 e. The lowest BCUT2D eigenvalue weighted by Gasteiger charge is -2.27. The molecule has 1 fully saturated rings. The van der Waals surface area contributed by atoms with Gasteiger partial charge in [-0.2, -0.15) is 9.78 Å². The van der Waals surface area contributed by atoms with E-state index in [0.717, 1.165) is 41.5 Å². The molecule has 1 atom stereocenters. The van der Waals surface area contributed by atoms with Gasteiger partial charge in [0, 0.05) is 36.6 Å². The number of hydrogen-bond donors (Lipinski definition) is 1. The smallest absolute Gasteiger partial charge is 0.226 e. The molecule has 8 nitrogen and oxygen atoms in total. The molecule has 1 aromatic carbocycles. The number of fused-ring (bicyclic) bond motifs is 1. The van der Waals surface area contributed by atoms with Gasteiger partial charge in [-0.3, -0.25) is 4.79 Å². The topological polar surface area (TPSA) is 85.2 Å². The summed E-state index contributed by atoms with van der Waals surface area (Å²) in [5.74, 6) is 2.75. The average molecular weight is 447 g/mol. The van der Waals surface area contributed by atoms with Crippen LogP contribution < -0.4 is 15.0 Å². The molecule has 33 heavy (non-hydrogen) atoms. The number of amides is 1. The van der Waals surface area contributed by atoms with Crippen molar-refractivity contribution >= 4 is 17.5 Å². The summed E-state index contributed by atoms with van der Waals surface area (Å²) in [7, 11) is 0. The Hall–Kier alpha value is -3.42. The molecule has 2 aliphatic rings. The number of hydrogen-bond acceptors (Lipinski definition) is 6. The number of nitrogens with zero attached hydrogens (tertiary/aromatic N) is 5. The molecule has 0 bridgehead atoms. The Morgan fingerprint density at radius 2 is 1.76 bits per heavy atom. The maximum absolute atomic E-state index is 12.8. The highest BCUT2D eigenvalue weighted by atomic mass is 16.5. The molecule has 3 aromatic rings. The number of carbonyl (C=O) groups is 1. The van der Waals surface area contributed by atoms with E-state index in [1.54, 1.807) is 4.68 Å². The highest BCUT2D eigenvalue weighted by Crippen LogP contribution is 2.43. The number of piperidine rings is 1. The van der Waals surface area contributed by atoms with Crippen molar-refractivity contribution in [2.75, 3.05) is 23.3 Å². The lowest BCUT2D eigenvalue weighted by molar-refractivity contribution is -0.116. The third-order valence-corrected chi connectivity index (χ3v) is 6.29. The summed E-state index contributed by atoms with van der Waals surface area (Å²) in [6, 6.07) is 11.9. The fraction of sp³-hybridized carbons (Fsp3) is 0.440. The number of aryl methyl sites for hydroxylation is 1. The van der Waals surface area contributed by atoms with Crippen LogP contribution in [0.2, 0.25) is 0 Å². The largest absolute Gasteiger partial charge is 0.491 e. The van der Waals surface area contributed by atoms with Gasteiger partial charge in [-0.25, -0.2) is 0 Å². The van der Waals surface area contributed by atoms with Gasteiger partial charge < -0.3 is 15.0 Å². The van der Waals surface area contributed by atoms with Gasteiger partial charge in [-0.15, -0.1) is 10.2 Å². The molecular weight excluding hydrogens is 416 g/mol. The average Bonchev–Trinajstić information content (AvgIpc) is 3.15. The Morgan fingerprint density at radius 1 is 1.03 bits per heavy atom. The second-order valence-electron chi connectivity index (χ2n) is 9.07. The van der Waals surface area contributed by atoms with Crippen LogP contribution in [-0.2, 0) is 4.79 Å². The van der Waals surface area contributed by atoms with Crippen LogP contribution in [0.15, 0.2) is 36.4 Å². The Bertz CT molecular complexity index is 1150. The van der Waals surface area contributed by atoms with E-state index in [1.807, 2.05) is 57.2 Å². The van der Waals surface area contributed by atoms with E-state index in [-0.39, 0.29) is 17.9 Å². The second kappa shape index (κ2) is 8.84. The van der Waals surface area contributed by atoms with Crippen LogP contribution in [0, 0.1) is 6.92 Å². The number of aromatic nitrogens is 4. The number of nitrogens with one attached hydrogen (secondary N) is 1. The number of rotatable bonds is 5. The Balaban J connectivity index is 1.52. The van der Waals surface area contributed by atoms with Crippen molar-refractivity contribution in [3.8, 4) is 11.6 Å². The van der Waals surface area contributed by atoms with Crippen LogP contribution in [0.1, 0.15) is 62.3 Å². The van der Waals surface area contributed by atoms with Crippen molar-refractivity contribution in [1.29, 1.82) is 0 Å². The second-order valence-corrected chi connectivity index (χ2v) is 9.07. The highest BCUT2D eigenvalue weighted by molar-refractivity contribution is 5.95. The molecule has 1 saturated heterocycles. The van der Waals surface area contributed by atoms with E-state index in [2.05, 4.69) is 20.4 Å². The molecule has 0 saturated carbocycles. The van der Waals surface area contributed by atoms with E-state index in [0.29, 0.717) is 18.1 Å². The molecule has 1 amide bonds. The quantitative estimate of drug-likeness (QED) is 0.632. The van der Waals surface area contributed by atoms with Crippen molar-refractivity contribution in [3.05, 3.63) is 53.2 Å². The van der Waals surface area contributed by atoms with Crippen molar-refractivity contribution < 1.29 is 9.53 Å². The van der Waals surface area contributed by atoms with Gasteiger partial charge in [0.15, 0.2) is 11.6 Å². The van der Waals surface area contributed by atoms with Gasteiger partial charge in [-0.05, 0) is 58.2 Å². The number of ether oxygens (including phenoxy) is 1. The van der Waals surface area contributed by atoms with E-state index in [9.17, 15) is 4.79 Å². The summed E-state index contributed by atoms with van der Waals surface area (Å²) in [4.78, 5) is 15.0. The molecule has 1 unspecified atom stereocenters. The molecule has 5 rings (SSSR count). The third-order valence-electron chi connectivity index (χ3n) is 6.29. The summed E-state index contributed by atoms with van der Waals surface area (Å²) in [5, 5.41) is 16.7. The first kappa shape index (κ1) is 21.4. The van der Waals surface area contributed by atoms with E-state index in [4.69, 9.17) is 9.84 Å². The zero-order valence-electron chi connectivity index (χ0n) is 19.4. The monoisotopic (exact) mass is 446 g/mol. The minimum Gasteiger partial charge on any atom is -0.491 e. The molecule has 2 aliphatic heterocycles. The van der Waals surface area contributed by atoms with Crippen LogP contribution in [0.5, 0.6) is 5.75 Å². The molecule has 0 spiro atoms. The normalized spacial score (nSPS) is 18.2. The zero-order valence-corrected chi connectivity index (χ0v) is 19.4. The fourth-order valence-electron chi connectivity index (χ4n) is 4.83. The first-order valence-electron chi connectivity index (χ1n) is 11.7. The molecule has 0 aliphatic carbocycles. The molecule has 1 N–H and O–H groups in total. The third kappa shape index (κ3) is 4.17. The number of carbonyl (C=O) groups excluding carboxylic acids is 1. The van der Waals surface area contributed by atoms with E-state index in [1.165, 1.54) is 19.3 Å². The summed E-state index contributed by atoms with van der Waals surface area (Å²) in [6.07, 6.45) is 4.03. The standard InChI is InChI=1S/C25H30N6O2/c1-16(2)33-20-10-6-5-9-18(20)19-15-23(32)26-25-24(19)17(3)29-31(25)22-12-11-21(27-28-22)30-13-7-4-8-14-30/h5-6,9-12,16,19H,4,7-8,13-15H2,1-3H3,(H,26,32). The van der Waals surface area contributed by atoms with Crippen LogP contribution in [-0.4, -0.2) is 45.1 Å². The van der Waals surface area contributed by atoms with Crippen LogP contribution >= 0.6 is 0 Å². The Morgan fingerprint density at radius 3 is 2.48 bits per heavy atom. The van der Waals surface area contributed by atoms with Gasteiger partial charge in [0.2, 0.25) is 5.91 Å². The van der Waals surface area contributed by atoms with E-state index < -0.39 is 0 Å². The van der Waals surface area contributed by atoms with Gasteiger partial charge in [-0.1, -0.05) is 18.2 Å². The van der Waals surface area contributed by atoms with Crippen LogP contribution in [0.3, 0.4) is 0 Å². The summed E-state index contributed by atoms with van der Waals surface area (Å²) in [5.41, 5.74) is 2.85. The zero-order chi connectivity index (χ0) is 22.9. The molecular formula is C25H30N6O2. The lowest BCUT2D eigenvalue weighted by atomic mass is 9.85. The molecule has 8 heteroatoms. The maximum atomic E-state index is 12.8. The summed E-state index contributed by atoms with van der Waals surface area (Å²) in [6.45, 7) is 8.01. The van der Waals surface area contributed by atoms with Crippen molar-refractivity contribution in [2.45, 2.75) is 58.5 Å². The van der Waals surface area contributed by atoms with E-state index >= 15 is 0 Å². The van der Waals surface area contributed by atoms with Crippen LogP contribution in [0.25, 0.3) is 5.82 Å². The molecule has 4 heterocycles. The molecule has 0 radical (unpaired) electrons. The van der Waals surface area contributed by atoms with Gasteiger partial charge >= 0.3 is 0 Å². The van der Waals surface area contributed by atoms with Crippen molar-refractivity contribution in [3.63, 3.8) is 0 Å². The first-order valence-corrected chi connectivity index (χ1v) is 11.7. The predicted octanol–water partition coefficient (Wildman–Crippen LogP) is 4.22. The Kier molecular flexibility index (Phi) is 5.74. The highest BCUT2D eigenvalue weighted by Gasteiger charge is 2.34. The van der Waals surface area contributed by atoms with Crippen LogP contribution in [0.4, 0.5) is 11.6 Å². The minimum absolute atomic E-state index is 0.0422. The first-order chi connectivity index (χ1) is 16.0. The fourth-order valence-corrected chi connectivity index (χ4v) is 4.83. The van der Waals surface area contributed by atoms with Gasteiger partial charge in [0.05, 0.1) is 11.8 Å². The number of benzene rings is 1. The summed E-state index contributed by atoms with van der Waals surface area (Å²) >= 11 is 0. The predicted molar refractivity (Wildman–Crippen MR) is 127 cm³/mol. The van der Waals surface area contributed by atoms with Crippen molar-refractivity contribution in [2.24, 2.45) is 0 Å². The number of anilines is 2. The molecule has 2 aromatic heterocycles. The van der Waals surface area contributed by atoms with Gasteiger partial charge in [0.1, 0.15) is 11.6 Å². The summed E-state index contributed by atoms with van der Waals surface area (Å²) < 4.78 is 7.77. The van der Waals surface area contributed by atoms with Crippen molar-refractivity contribution in [1.82, 2.24) is 20.0 Å². The van der Waals surface area contributed by atoms with Gasteiger partial charge in [0.25, 0.3) is 0 Å².